The van der Waals surface area contributed by atoms with Crippen LogP contribution in [-0.4, -0.2) is 28.9 Å². The first-order chi connectivity index (χ1) is 14.0. The molecule has 29 heavy (non-hydrogen) atoms. The van der Waals surface area contributed by atoms with Crippen LogP contribution in [0.15, 0.2) is 58.8 Å². The zero-order chi connectivity index (χ0) is 20.6. The number of hydrogen-bond acceptors (Lipinski definition) is 7. The van der Waals surface area contributed by atoms with Gasteiger partial charge in [-0.05, 0) is 37.3 Å². The van der Waals surface area contributed by atoms with Gasteiger partial charge in [-0.3, -0.25) is 14.9 Å². The van der Waals surface area contributed by atoms with E-state index in [9.17, 15) is 14.9 Å². The highest BCUT2D eigenvalue weighted by Gasteiger charge is 2.11. The van der Waals surface area contributed by atoms with E-state index in [4.69, 9.17) is 0 Å². The van der Waals surface area contributed by atoms with E-state index < -0.39 is 4.92 Å². The predicted octanol–water partition coefficient (Wildman–Crippen LogP) is 4.49. The van der Waals surface area contributed by atoms with Gasteiger partial charge in [0.1, 0.15) is 5.69 Å². The maximum Gasteiger partial charge on any atom is 0.292 e. The molecule has 0 saturated heterocycles. The number of aryl methyl sites for hydroxylation is 1. The summed E-state index contributed by atoms with van der Waals surface area (Å²) < 4.78 is 0. The second-order valence-electron chi connectivity index (χ2n) is 6.13. The molecule has 0 aliphatic carbocycles. The van der Waals surface area contributed by atoms with Crippen LogP contribution in [0.1, 0.15) is 21.1 Å². The number of thioether (sulfide) groups is 1. The molecule has 150 valence electrons. The fourth-order valence-electron chi connectivity index (χ4n) is 2.59. The highest BCUT2D eigenvalue weighted by molar-refractivity contribution is 7.98. The maximum absolute atomic E-state index is 12.3. The van der Waals surface area contributed by atoms with Crippen molar-refractivity contribution in [2.75, 3.05) is 18.4 Å². The lowest BCUT2D eigenvalue weighted by atomic mass is 10.2. The number of hydrogen-bond donors (Lipinski definition) is 2. The number of aromatic nitrogens is 1. The first-order valence-electron chi connectivity index (χ1n) is 8.92. The number of carbonyl (C=O) groups excluding carboxylic acids is 1. The fraction of sp³-hybridized carbons (Fsp3) is 0.200. The summed E-state index contributed by atoms with van der Waals surface area (Å²) in [5, 5.41) is 19.9. The number of anilines is 1. The number of nitro benzene ring substituents is 1. The number of carbonyl (C=O) groups is 1. The molecule has 7 nitrogen and oxygen atoms in total. The molecule has 0 unspecified atom stereocenters. The minimum atomic E-state index is -0.434. The molecule has 0 aliphatic rings. The normalized spacial score (nSPS) is 10.5. The Morgan fingerprint density at radius 3 is 2.62 bits per heavy atom. The highest BCUT2D eigenvalue weighted by Crippen LogP contribution is 2.24. The summed E-state index contributed by atoms with van der Waals surface area (Å²) in [6, 6.07) is 13.8. The van der Waals surface area contributed by atoms with Crippen LogP contribution in [0.25, 0.3) is 0 Å². The van der Waals surface area contributed by atoms with E-state index in [1.807, 2.05) is 19.1 Å². The molecule has 0 atom stereocenters. The molecule has 0 spiro atoms. The van der Waals surface area contributed by atoms with Gasteiger partial charge in [0.2, 0.25) is 0 Å². The van der Waals surface area contributed by atoms with E-state index in [0.717, 1.165) is 21.3 Å². The van der Waals surface area contributed by atoms with E-state index in [-0.39, 0.29) is 11.6 Å². The quantitative estimate of drug-likeness (QED) is 0.225. The Balaban J connectivity index is 1.44. The van der Waals surface area contributed by atoms with Gasteiger partial charge in [0.25, 0.3) is 11.6 Å². The summed E-state index contributed by atoms with van der Waals surface area (Å²) >= 11 is 3.32. The molecule has 0 aliphatic heterocycles. The molecule has 0 radical (unpaired) electrons. The van der Waals surface area contributed by atoms with Crippen molar-refractivity contribution in [3.05, 3.63) is 80.3 Å². The zero-order valence-corrected chi connectivity index (χ0v) is 17.4. The lowest BCUT2D eigenvalue weighted by Crippen LogP contribution is -2.28. The SMILES string of the molecule is Cc1nc(CSc2ccc(C(=O)NCCNc3ccccc3[N+](=O)[O-])cc2)cs1. The molecule has 0 bridgehead atoms. The number of nitrogens with one attached hydrogen (secondary N) is 2. The van der Waals surface area contributed by atoms with Gasteiger partial charge in [-0.25, -0.2) is 4.98 Å². The Hall–Kier alpha value is -2.91. The van der Waals surface area contributed by atoms with Crippen LogP contribution in [0.3, 0.4) is 0 Å². The summed E-state index contributed by atoms with van der Waals surface area (Å²) in [5.74, 6) is 0.619. The number of rotatable bonds is 9. The molecule has 1 aromatic heterocycles. The Kier molecular flexibility index (Phi) is 7.20. The minimum Gasteiger partial charge on any atom is -0.378 e. The van der Waals surface area contributed by atoms with Crippen LogP contribution < -0.4 is 10.6 Å². The number of para-hydroxylation sites is 2. The molecule has 2 N–H and O–H groups in total. The molecule has 0 fully saturated rings. The average Bonchev–Trinajstić information content (AvgIpc) is 3.15. The van der Waals surface area contributed by atoms with Gasteiger partial charge in [-0.2, -0.15) is 0 Å². The predicted molar refractivity (Wildman–Crippen MR) is 117 cm³/mol. The molecule has 0 saturated carbocycles. The van der Waals surface area contributed by atoms with E-state index >= 15 is 0 Å². The van der Waals surface area contributed by atoms with Crippen LogP contribution in [-0.2, 0) is 5.75 Å². The summed E-state index contributed by atoms with van der Waals surface area (Å²) in [4.78, 5) is 28.3. The Morgan fingerprint density at radius 1 is 1.17 bits per heavy atom. The molecule has 1 heterocycles. The van der Waals surface area contributed by atoms with Crippen molar-refractivity contribution in [2.45, 2.75) is 17.6 Å². The van der Waals surface area contributed by atoms with Crippen LogP contribution in [0.4, 0.5) is 11.4 Å². The van der Waals surface area contributed by atoms with Gasteiger partial charge in [0, 0.05) is 40.7 Å². The molecule has 9 heteroatoms. The standard InChI is InChI=1S/C20H20N4O3S2/c1-14-23-16(12-28-14)13-29-17-8-6-15(7-9-17)20(25)22-11-10-21-18-4-2-3-5-19(18)24(26)27/h2-9,12,21H,10-11,13H2,1H3,(H,22,25). The van der Waals surface area contributed by atoms with Crippen LogP contribution in [0, 0.1) is 17.0 Å². The van der Waals surface area contributed by atoms with Crippen molar-refractivity contribution >= 4 is 40.4 Å². The average molecular weight is 429 g/mol. The van der Waals surface area contributed by atoms with Gasteiger partial charge in [0.15, 0.2) is 0 Å². The van der Waals surface area contributed by atoms with E-state index in [1.165, 1.54) is 6.07 Å². The van der Waals surface area contributed by atoms with Crippen molar-refractivity contribution in [1.82, 2.24) is 10.3 Å². The molecule has 3 aromatic rings. The Morgan fingerprint density at radius 2 is 1.93 bits per heavy atom. The summed E-state index contributed by atoms with van der Waals surface area (Å²) in [6.07, 6.45) is 0. The highest BCUT2D eigenvalue weighted by atomic mass is 32.2. The minimum absolute atomic E-state index is 0.0136. The van der Waals surface area contributed by atoms with Crippen LogP contribution >= 0.6 is 23.1 Å². The Bertz CT molecular complexity index is 989. The summed E-state index contributed by atoms with van der Waals surface area (Å²) in [6.45, 7) is 2.73. The zero-order valence-electron chi connectivity index (χ0n) is 15.8. The van der Waals surface area contributed by atoms with Crippen molar-refractivity contribution in [2.24, 2.45) is 0 Å². The van der Waals surface area contributed by atoms with E-state index in [0.29, 0.717) is 24.3 Å². The first-order valence-corrected chi connectivity index (χ1v) is 10.8. The fourth-order valence-corrected chi connectivity index (χ4v) is 4.10. The van der Waals surface area contributed by atoms with E-state index in [2.05, 4.69) is 21.0 Å². The molecule has 1 amide bonds. The molecular weight excluding hydrogens is 408 g/mol. The number of amides is 1. The molecule has 3 rings (SSSR count). The smallest absolute Gasteiger partial charge is 0.292 e. The van der Waals surface area contributed by atoms with Crippen molar-refractivity contribution < 1.29 is 9.72 Å². The maximum atomic E-state index is 12.3. The topological polar surface area (TPSA) is 97.2 Å². The molecular formula is C20H20N4O3S2. The van der Waals surface area contributed by atoms with Crippen LogP contribution in [0.2, 0.25) is 0 Å². The third kappa shape index (κ3) is 6.03. The lowest BCUT2D eigenvalue weighted by molar-refractivity contribution is -0.384. The number of nitrogens with zero attached hydrogens (tertiary/aromatic N) is 2. The van der Waals surface area contributed by atoms with Gasteiger partial charge in [0.05, 0.1) is 15.6 Å². The number of thiazole rings is 1. The first kappa shape index (κ1) is 20.8. The van der Waals surface area contributed by atoms with Gasteiger partial charge >= 0.3 is 0 Å². The summed E-state index contributed by atoms with van der Waals surface area (Å²) in [7, 11) is 0. The Labute approximate surface area is 176 Å². The van der Waals surface area contributed by atoms with Crippen LogP contribution in [0.5, 0.6) is 0 Å². The van der Waals surface area contributed by atoms with E-state index in [1.54, 1.807) is 53.4 Å². The molecule has 2 aromatic carbocycles. The largest absolute Gasteiger partial charge is 0.378 e. The monoisotopic (exact) mass is 428 g/mol. The summed E-state index contributed by atoms with van der Waals surface area (Å²) in [5.41, 5.74) is 2.08. The van der Waals surface area contributed by atoms with Crippen molar-refractivity contribution in [3.8, 4) is 0 Å². The number of benzene rings is 2. The second-order valence-corrected chi connectivity index (χ2v) is 8.24. The second kappa shape index (κ2) is 10.0. The van der Waals surface area contributed by atoms with Crippen molar-refractivity contribution in [3.63, 3.8) is 0 Å². The number of nitro groups is 1. The lowest BCUT2D eigenvalue weighted by Gasteiger charge is -2.09. The van der Waals surface area contributed by atoms with Gasteiger partial charge in [-0.15, -0.1) is 23.1 Å². The van der Waals surface area contributed by atoms with Gasteiger partial charge in [-0.1, -0.05) is 12.1 Å². The third-order valence-corrected chi connectivity index (χ3v) is 5.86. The third-order valence-electron chi connectivity index (χ3n) is 4.00. The van der Waals surface area contributed by atoms with Crippen molar-refractivity contribution in [1.29, 1.82) is 0 Å². The van der Waals surface area contributed by atoms with Gasteiger partial charge < -0.3 is 10.6 Å².